The zero-order chi connectivity index (χ0) is 10.4. The lowest BCUT2D eigenvalue weighted by molar-refractivity contribution is -0.139. The first-order valence-electron chi connectivity index (χ1n) is 4.22. The number of hydrogen-bond donors (Lipinski definition) is 1. The maximum atomic E-state index is 10.5. The zero-order valence-electron chi connectivity index (χ0n) is 8.53. The van der Waals surface area contributed by atoms with Crippen LogP contribution in [0.25, 0.3) is 0 Å². The molecule has 0 aliphatic carbocycles. The maximum Gasteiger partial charge on any atom is 0.317 e. The number of carboxylic acid groups (broad SMARTS) is 1. The van der Waals surface area contributed by atoms with Gasteiger partial charge in [0, 0.05) is 6.54 Å². The molecule has 0 heterocycles. The zero-order valence-corrected chi connectivity index (χ0v) is 8.53. The molecule has 1 unspecified atom stereocenters. The highest BCUT2D eigenvalue weighted by Gasteiger charge is 2.16. The Morgan fingerprint density at radius 2 is 2.15 bits per heavy atom. The minimum Gasteiger partial charge on any atom is -0.480 e. The standard InChI is InChI=1S/C9H18N2O2/c1-5-6-11(7-9(12)13)8(2)10(3)4/h5,8H,1,6-7H2,2-4H3,(H,12,13). The summed E-state index contributed by atoms with van der Waals surface area (Å²) in [5.41, 5.74) is 0. The fourth-order valence-electron chi connectivity index (χ4n) is 1.02. The number of carboxylic acids is 1. The third-order valence-corrected chi connectivity index (χ3v) is 1.98. The van der Waals surface area contributed by atoms with Crippen LogP contribution in [0.3, 0.4) is 0 Å². The smallest absolute Gasteiger partial charge is 0.317 e. The van der Waals surface area contributed by atoms with Crippen molar-refractivity contribution >= 4 is 5.97 Å². The quantitative estimate of drug-likeness (QED) is 0.483. The van der Waals surface area contributed by atoms with Crippen molar-refractivity contribution in [3.05, 3.63) is 12.7 Å². The number of nitrogens with zero attached hydrogens (tertiary/aromatic N) is 2. The largest absolute Gasteiger partial charge is 0.480 e. The van der Waals surface area contributed by atoms with Crippen molar-refractivity contribution in [2.45, 2.75) is 13.1 Å². The molecule has 0 aliphatic rings. The Morgan fingerprint density at radius 3 is 2.46 bits per heavy atom. The lowest BCUT2D eigenvalue weighted by atomic mass is 10.3. The van der Waals surface area contributed by atoms with Gasteiger partial charge in [-0.05, 0) is 21.0 Å². The van der Waals surface area contributed by atoms with Crippen LogP contribution in [0.15, 0.2) is 12.7 Å². The molecule has 0 rings (SSSR count). The minimum absolute atomic E-state index is 0.0470. The third kappa shape index (κ3) is 4.65. The summed E-state index contributed by atoms with van der Waals surface area (Å²) in [5, 5.41) is 8.65. The molecule has 76 valence electrons. The Balaban J connectivity index is 4.21. The molecule has 1 atom stereocenters. The molecule has 0 aromatic carbocycles. The number of hydrogen-bond acceptors (Lipinski definition) is 3. The topological polar surface area (TPSA) is 43.8 Å². The van der Waals surface area contributed by atoms with E-state index in [1.807, 2.05) is 30.8 Å². The van der Waals surface area contributed by atoms with Crippen molar-refractivity contribution in [1.82, 2.24) is 9.80 Å². The summed E-state index contributed by atoms with van der Waals surface area (Å²) < 4.78 is 0. The SMILES string of the molecule is C=CCN(CC(=O)O)C(C)N(C)C. The molecule has 4 nitrogen and oxygen atoms in total. The summed E-state index contributed by atoms with van der Waals surface area (Å²) in [7, 11) is 3.84. The number of carbonyl (C=O) groups is 1. The van der Waals surface area contributed by atoms with E-state index in [1.54, 1.807) is 6.08 Å². The van der Waals surface area contributed by atoms with Crippen molar-refractivity contribution in [2.75, 3.05) is 27.2 Å². The summed E-state index contributed by atoms with van der Waals surface area (Å²) >= 11 is 0. The van der Waals surface area contributed by atoms with Gasteiger partial charge >= 0.3 is 5.97 Å². The van der Waals surface area contributed by atoms with Gasteiger partial charge in [-0.25, -0.2) is 0 Å². The summed E-state index contributed by atoms with van der Waals surface area (Å²) in [4.78, 5) is 14.3. The van der Waals surface area contributed by atoms with Crippen LogP contribution in [0.5, 0.6) is 0 Å². The number of aliphatic carboxylic acids is 1. The maximum absolute atomic E-state index is 10.5. The van der Waals surface area contributed by atoms with Crippen LogP contribution >= 0.6 is 0 Å². The molecule has 0 radical (unpaired) electrons. The summed E-state index contributed by atoms with van der Waals surface area (Å²) in [6.07, 6.45) is 1.82. The minimum atomic E-state index is -0.810. The van der Waals surface area contributed by atoms with Crippen LogP contribution in [-0.4, -0.2) is 54.2 Å². The molecule has 0 bridgehead atoms. The van der Waals surface area contributed by atoms with E-state index >= 15 is 0 Å². The second-order valence-corrected chi connectivity index (χ2v) is 3.21. The van der Waals surface area contributed by atoms with Crippen molar-refractivity contribution in [3.63, 3.8) is 0 Å². The molecule has 0 saturated carbocycles. The van der Waals surface area contributed by atoms with Crippen molar-refractivity contribution in [1.29, 1.82) is 0 Å². The van der Waals surface area contributed by atoms with Gasteiger partial charge in [0.15, 0.2) is 0 Å². The average molecular weight is 186 g/mol. The second kappa shape index (κ2) is 5.72. The highest BCUT2D eigenvalue weighted by Crippen LogP contribution is 2.01. The van der Waals surface area contributed by atoms with Crippen molar-refractivity contribution < 1.29 is 9.90 Å². The molecule has 0 saturated heterocycles. The molecule has 0 aromatic heterocycles. The molecular formula is C9H18N2O2. The van der Waals surface area contributed by atoms with E-state index < -0.39 is 5.97 Å². The van der Waals surface area contributed by atoms with Crippen LogP contribution in [0, 0.1) is 0 Å². The highest BCUT2D eigenvalue weighted by molar-refractivity contribution is 5.69. The Bertz CT molecular complexity index is 180. The lowest BCUT2D eigenvalue weighted by Crippen LogP contribution is -2.45. The van der Waals surface area contributed by atoms with E-state index in [4.69, 9.17) is 5.11 Å². The predicted octanol–water partition coefficient (Wildman–Crippen LogP) is 0.467. The highest BCUT2D eigenvalue weighted by atomic mass is 16.4. The second-order valence-electron chi connectivity index (χ2n) is 3.21. The predicted molar refractivity (Wildman–Crippen MR) is 52.6 cm³/mol. The molecule has 1 N–H and O–H groups in total. The fraction of sp³-hybridized carbons (Fsp3) is 0.667. The number of rotatable bonds is 6. The van der Waals surface area contributed by atoms with Crippen LogP contribution in [-0.2, 0) is 4.79 Å². The summed E-state index contributed by atoms with van der Waals surface area (Å²) in [6, 6.07) is 0. The van der Waals surface area contributed by atoms with E-state index in [1.165, 1.54) is 0 Å². The van der Waals surface area contributed by atoms with Crippen molar-refractivity contribution in [3.8, 4) is 0 Å². The van der Waals surface area contributed by atoms with Gasteiger partial charge in [0.2, 0.25) is 0 Å². The fourth-order valence-corrected chi connectivity index (χ4v) is 1.02. The van der Waals surface area contributed by atoms with Gasteiger partial charge < -0.3 is 5.11 Å². The first-order valence-corrected chi connectivity index (χ1v) is 4.22. The Morgan fingerprint density at radius 1 is 1.62 bits per heavy atom. The molecule has 4 heteroatoms. The Kier molecular flexibility index (Phi) is 5.34. The van der Waals surface area contributed by atoms with Gasteiger partial charge in [-0.2, -0.15) is 0 Å². The third-order valence-electron chi connectivity index (χ3n) is 1.98. The van der Waals surface area contributed by atoms with Crippen LogP contribution in [0.1, 0.15) is 6.92 Å². The van der Waals surface area contributed by atoms with Crippen LogP contribution < -0.4 is 0 Å². The van der Waals surface area contributed by atoms with Crippen molar-refractivity contribution in [2.24, 2.45) is 0 Å². The first kappa shape index (κ1) is 12.1. The first-order chi connectivity index (χ1) is 5.99. The summed E-state index contributed by atoms with van der Waals surface area (Å²) in [6.45, 7) is 6.20. The van der Waals surface area contributed by atoms with Gasteiger partial charge in [-0.3, -0.25) is 14.6 Å². The molecule has 0 spiro atoms. The monoisotopic (exact) mass is 186 g/mol. The van der Waals surface area contributed by atoms with E-state index in [2.05, 4.69) is 6.58 Å². The lowest BCUT2D eigenvalue weighted by Gasteiger charge is -2.31. The molecule has 0 amide bonds. The van der Waals surface area contributed by atoms with Crippen LogP contribution in [0.2, 0.25) is 0 Å². The van der Waals surface area contributed by atoms with E-state index in [0.29, 0.717) is 6.54 Å². The van der Waals surface area contributed by atoms with Gasteiger partial charge in [-0.1, -0.05) is 6.08 Å². The van der Waals surface area contributed by atoms with Gasteiger partial charge in [-0.15, -0.1) is 6.58 Å². The molecule has 0 aromatic rings. The van der Waals surface area contributed by atoms with E-state index in [9.17, 15) is 4.79 Å². The normalized spacial score (nSPS) is 13.3. The van der Waals surface area contributed by atoms with Gasteiger partial charge in [0.05, 0.1) is 12.7 Å². The van der Waals surface area contributed by atoms with Gasteiger partial charge in [0.1, 0.15) is 0 Å². The van der Waals surface area contributed by atoms with E-state index in [-0.39, 0.29) is 12.7 Å². The molecule has 0 fully saturated rings. The van der Waals surface area contributed by atoms with E-state index in [0.717, 1.165) is 0 Å². The van der Waals surface area contributed by atoms with Gasteiger partial charge in [0.25, 0.3) is 0 Å². The Hall–Kier alpha value is -0.870. The Labute approximate surface area is 79.4 Å². The average Bonchev–Trinajstić information content (AvgIpc) is 2.01. The molecular weight excluding hydrogens is 168 g/mol. The molecule has 13 heavy (non-hydrogen) atoms. The summed E-state index contributed by atoms with van der Waals surface area (Å²) in [5.74, 6) is -0.810. The molecule has 0 aliphatic heterocycles. The van der Waals surface area contributed by atoms with Crippen LogP contribution in [0.4, 0.5) is 0 Å².